The minimum absolute atomic E-state index is 0.0491. The Balaban J connectivity index is 2.30. The van der Waals surface area contributed by atoms with Crippen LogP contribution in [0.2, 0.25) is 0 Å². The second-order valence-corrected chi connectivity index (χ2v) is 5.05. The van der Waals surface area contributed by atoms with E-state index in [1.165, 1.54) is 6.07 Å². The lowest BCUT2D eigenvalue weighted by atomic mass is 10.0. The summed E-state index contributed by atoms with van der Waals surface area (Å²) in [5, 5.41) is 10.8. The SMILES string of the molecule is Cc1cc(O)c(-c2cc(=O)c3ccccc3[nH]2)cc1C. The number of aromatic nitrogens is 1. The van der Waals surface area contributed by atoms with Gasteiger partial charge in [0.25, 0.3) is 0 Å². The Labute approximate surface area is 116 Å². The van der Waals surface area contributed by atoms with Crippen molar-refractivity contribution in [1.29, 1.82) is 0 Å². The highest BCUT2D eigenvalue weighted by molar-refractivity contribution is 5.82. The number of fused-ring (bicyclic) bond motifs is 1. The van der Waals surface area contributed by atoms with Crippen molar-refractivity contribution in [3.05, 3.63) is 63.8 Å². The molecule has 0 unspecified atom stereocenters. The molecule has 0 aliphatic heterocycles. The Morgan fingerprint density at radius 1 is 1.00 bits per heavy atom. The molecule has 20 heavy (non-hydrogen) atoms. The van der Waals surface area contributed by atoms with E-state index >= 15 is 0 Å². The summed E-state index contributed by atoms with van der Waals surface area (Å²) < 4.78 is 0. The molecule has 0 amide bonds. The highest BCUT2D eigenvalue weighted by Gasteiger charge is 2.09. The number of H-pyrrole nitrogens is 1. The molecule has 2 N–H and O–H groups in total. The van der Waals surface area contributed by atoms with Gasteiger partial charge in [0, 0.05) is 22.5 Å². The molecule has 0 atom stereocenters. The van der Waals surface area contributed by atoms with E-state index in [1.54, 1.807) is 12.1 Å². The fourth-order valence-corrected chi connectivity index (χ4v) is 2.36. The van der Waals surface area contributed by atoms with E-state index < -0.39 is 0 Å². The Hall–Kier alpha value is -2.55. The number of aryl methyl sites for hydroxylation is 2. The summed E-state index contributed by atoms with van der Waals surface area (Å²) in [4.78, 5) is 15.3. The molecule has 0 saturated heterocycles. The first-order chi connectivity index (χ1) is 9.56. The third-order valence-electron chi connectivity index (χ3n) is 3.64. The van der Waals surface area contributed by atoms with E-state index in [4.69, 9.17) is 0 Å². The van der Waals surface area contributed by atoms with E-state index in [9.17, 15) is 9.90 Å². The highest BCUT2D eigenvalue weighted by atomic mass is 16.3. The number of rotatable bonds is 1. The van der Waals surface area contributed by atoms with Crippen LogP contribution >= 0.6 is 0 Å². The van der Waals surface area contributed by atoms with E-state index in [2.05, 4.69) is 4.98 Å². The average molecular weight is 265 g/mol. The Bertz CT molecular complexity index is 862. The quantitative estimate of drug-likeness (QED) is 0.707. The molecule has 100 valence electrons. The van der Waals surface area contributed by atoms with Crippen molar-refractivity contribution in [2.75, 3.05) is 0 Å². The maximum absolute atomic E-state index is 12.1. The highest BCUT2D eigenvalue weighted by Crippen LogP contribution is 2.30. The number of benzene rings is 2. The number of aromatic hydroxyl groups is 1. The molecule has 0 aliphatic carbocycles. The van der Waals surface area contributed by atoms with Crippen LogP contribution in [0, 0.1) is 13.8 Å². The first-order valence-electron chi connectivity index (χ1n) is 6.49. The van der Waals surface area contributed by atoms with Crippen molar-refractivity contribution in [3.63, 3.8) is 0 Å². The normalized spacial score (nSPS) is 10.9. The van der Waals surface area contributed by atoms with Gasteiger partial charge >= 0.3 is 0 Å². The lowest BCUT2D eigenvalue weighted by Gasteiger charge is -2.09. The first kappa shape index (κ1) is 12.5. The van der Waals surface area contributed by atoms with Crippen LogP contribution in [-0.2, 0) is 0 Å². The Morgan fingerprint density at radius 2 is 1.70 bits per heavy atom. The standard InChI is InChI=1S/C17H15NO2/c1-10-7-13(16(19)8-11(10)2)15-9-17(20)12-5-3-4-6-14(12)18-15/h3-9,19H,1-2H3,(H,18,20). The molecule has 3 nitrogen and oxygen atoms in total. The van der Waals surface area contributed by atoms with E-state index in [-0.39, 0.29) is 11.2 Å². The molecule has 3 aromatic rings. The molecule has 2 aromatic carbocycles. The molecule has 0 spiro atoms. The molecule has 0 fully saturated rings. The van der Waals surface area contributed by atoms with Crippen molar-refractivity contribution in [2.45, 2.75) is 13.8 Å². The van der Waals surface area contributed by atoms with Gasteiger partial charge in [-0.3, -0.25) is 4.79 Å². The van der Waals surface area contributed by atoms with Gasteiger partial charge in [0.1, 0.15) is 5.75 Å². The van der Waals surface area contributed by atoms with Gasteiger partial charge < -0.3 is 10.1 Å². The predicted molar refractivity (Wildman–Crippen MR) is 81.1 cm³/mol. The van der Waals surface area contributed by atoms with Crippen LogP contribution in [0.1, 0.15) is 11.1 Å². The summed E-state index contributed by atoms with van der Waals surface area (Å²) in [6.45, 7) is 3.93. The minimum atomic E-state index is -0.0491. The number of hydrogen-bond donors (Lipinski definition) is 2. The molecule has 1 aromatic heterocycles. The van der Waals surface area contributed by atoms with Gasteiger partial charge in [0.15, 0.2) is 5.43 Å². The monoisotopic (exact) mass is 265 g/mol. The van der Waals surface area contributed by atoms with E-state index in [0.29, 0.717) is 16.6 Å². The molecular weight excluding hydrogens is 250 g/mol. The van der Waals surface area contributed by atoms with Crippen LogP contribution in [0.15, 0.2) is 47.3 Å². The maximum atomic E-state index is 12.1. The Morgan fingerprint density at radius 3 is 2.50 bits per heavy atom. The summed E-state index contributed by atoms with van der Waals surface area (Å²) in [6, 6.07) is 12.5. The van der Waals surface area contributed by atoms with Crippen molar-refractivity contribution >= 4 is 10.9 Å². The number of nitrogens with one attached hydrogen (secondary N) is 1. The van der Waals surface area contributed by atoms with Gasteiger partial charge in [0.05, 0.1) is 5.69 Å². The third-order valence-corrected chi connectivity index (χ3v) is 3.64. The summed E-state index contributed by atoms with van der Waals surface area (Å²) >= 11 is 0. The molecule has 1 heterocycles. The van der Waals surface area contributed by atoms with Gasteiger partial charge in [-0.1, -0.05) is 12.1 Å². The fourth-order valence-electron chi connectivity index (χ4n) is 2.36. The number of phenols is 1. The minimum Gasteiger partial charge on any atom is -0.507 e. The fraction of sp³-hybridized carbons (Fsp3) is 0.118. The summed E-state index contributed by atoms with van der Waals surface area (Å²) in [6.07, 6.45) is 0. The number of phenolic OH excluding ortho intramolecular Hbond substituents is 1. The van der Waals surface area contributed by atoms with E-state index in [0.717, 1.165) is 16.6 Å². The predicted octanol–water partition coefficient (Wildman–Crippen LogP) is 3.52. The molecule has 0 saturated carbocycles. The van der Waals surface area contributed by atoms with Crippen LogP contribution in [0.4, 0.5) is 0 Å². The van der Waals surface area contributed by atoms with Gasteiger partial charge in [-0.15, -0.1) is 0 Å². The molecule has 0 radical (unpaired) electrons. The van der Waals surface area contributed by atoms with E-state index in [1.807, 2.05) is 38.1 Å². The van der Waals surface area contributed by atoms with Gasteiger partial charge in [-0.25, -0.2) is 0 Å². The van der Waals surface area contributed by atoms with Gasteiger partial charge in [0.2, 0.25) is 0 Å². The van der Waals surface area contributed by atoms with Crippen LogP contribution in [0.25, 0.3) is 22.2 Å². The van der Waals surface area contributed by atoms with Crippen molar-refractivity contribution in [3.8, 4) is 17.0 Å². The Kier molecular flexibility index (Phi) is 2.83. The maximum Gasteiger partial charge on any atom is 0.190 e. The second kappa shape index (κ2) is 4.53. The zero-order chi connectivity index (χ0) is 14.3. The average Bonchev–Trinajstić information content (AvgIpc) is 2.43. The zero-order valence-electron chi connectivity index (χ0n) is 11.4. The van der Waals surface area contributed by atoms with Crippen LogP contribution in [0.5, 0.6) is 5.75 Å². The third kappa shape index (κ3) is 1.97. The lowest BCUT2D eigenvalue weighted by molar-refractivity contribution is 0.476. The number of aromatic amines is 1. The largest absolute Gasteiger partial charge is 0.507 e. The lowest BCUT2D eigenvalue weighted by Crippen LogP contribution is -2.03. The second-order valence-electron chi connectivity index (χ2n) is 5.05. The number of pyridine rings is 1. The van der Waals surface area contributed by atoms with Crippen LogP contribution in [0.3, 0.4) is 0 Å². The number of para-hydroxylation sites is 1. The molecule has 3 heteroatoms. The topological polar surface area (TPSA) is 53.1 Å². The van der Waals surface area contributed by atoms with Crippen molar-refractivity contribution in [2.24, 2.45) is 0 Å². The van der Waals surface area contributed by atoms with Crippen LogP contribution in [-0.4, -0.2) is 10.1 Å². The zero-order valence-corrected chi connectivity index (χ0v) is 11.4. The molecular formula is C17H15NO2. The molecule has 3 rings (SSSR count). The number of hydrogen-bond acceptors (Lipinski definition) is 2. The van der Waals surface area contributed by atoms with Gasteiger partial charge in [-0.2, -0.15) is 0 Å². The molecule has 0 aliphatic rings. The summed E-state index contributed by atoms with van der Waals surface area (Å²) in [5.74, 6) is 0.180. The molecule has 0 bridgehead atoms. The van der Waals surface area contributed by atoms with Crippen molar-refractivity contribution < 1.29 is 5.11 Å². The first-order valence-corrected chi connectivity index (χ1v) is 6.49. The summed E-state index contributed by atoms with van der Waals surface area (Å²) in [5.41, 5.74) is 4.10. The smallest absolute Gasteiger partial charge is 0.190 e. The van der Waals surface area contributed by atoms with Gasteiger partial charge in [-0.05, 0) is 49.2 Å². The van der Waals surface area contributed by atoms with Crippen molar-refractivity contribution in [1.82, 2.24) is 4.98 Å². The van der Waals surface area contributed by atoms with Crippen LogP contribution < -0.4 is 5.43 Å². The summed E-state index contributed by atoms with van der Waals surface area (Å²) in [7, 11) is 0.